The minimum atomic E-state index is -0.594. The van der Waals surface area contributed by atoms with Gasteiger partial charge in [-0.15, -0.1) is 11.6 Å². The van der Waals surface area contributed by atoms with Gasteiger partial charge in [0.05, 0.1) is 18.6 Å². The standard InChI is InChI=1S/C9H7ClF2O/c10-8-4-13-3-7-6(8)1-5(11)2-9(7)12/h1-2,8H,3-4H2. The highest BCUT2D eigenvalue weighted by atomic mass is 35.5. The van der Waals surface area contributed by atoms with Gasteiger partial charge in [0.2, 0.25) is 0 Å². The molecule has 0 aromatic heterocycles. The second kappa shape index (κ2) is 3.24. The Morgan fingerprint density at radius 3 is 2.92 bits per heavy atom. The van der Waals surface area contributed by atoms with E-state index in [0.29, 0.717) is 17.7 Å². The predicted molar refractivity (Wildman–Crippen MR) is 44.6 cm³/mol. The van der Waals surface area contributed by atoms with Gasteiger partial charge >= 0.3 is 0 Å². The van der Waals surface area contributed by atoms with Crippen molar-refractivity contribution in [2.45, 2.75) is 12.0 Å². The Kier molecular flexibility index (Phi) is 2.22. The number of hydrogen-bond acceptors (Lipinski definition) is 1. The van der Waals surface area contributed by atoms with Gasteiger partial charge in [0.1, 0.15) is 11.6 Å². The van der Waals surface area contributed by atoms with Gasteiger partial charge in [0, 0.05) is 11.6 Å². The van der Waals surface area contributed by atoms with E-state index in [1.165, 1.54) is 6.07 Å². The van der Waals surface area contributed by atoms with Gasteiger partial charge in [0.15, 0.2) is 0 Å². The summed E-state index contributed by atoms with van der Waals surface area (Å²) < 4.78 is 31.0. The zero-order chi connectivity index (χ0) is 9.42. The van der Waals surface area contributed by atoms with Gasteiger partial charge in [-0.1, -0.05) is 0 Å². The van der Waals surface area contributed by atoms with Crippen LogP contribution in [-0.4, -0.2) is 6.61 Å². The maximum Gasteiger partial charge on any atom is 0.131 e. The first-order valence-electron chi connectivity index (χ1n) is 3.88. The topological polar surface area (TPSA) is 9.23 Å². The van der Waals surface area contributed by atoms with E-state index >= 15 is 0 Å². The average Bonchev–Trinajstić information content (AvgIpc) is 2.07. The lowest BCUT2D eigenvalue weighted by Crippen LogP contribution is -2.14. The summed E-state index contributed by atoms with van der Waals surface area (Å²) in [4.78, 5) is 0. The van der Waals surface area contributed by atoms with Crippen LogP contribution in [0.5, 0.6) is 0 Å². The monoisotopic (exact) mass is 204 g/mol. The Morgan fingerprint density at radius 2 is 2.15 bits per heavy atom. The van der Waals surface area contributed by atoms with Crippen LogP contribution in [0.4, 0.5) is 8.78 Å². The minimum Gasteiger partial charge on any atom is -0.375 e. The largest absolute Gasteiger partial charge is 0.375 e. The number of ether oxygens (including phenoxy) is 1. The van der Waals surface area contributed by atoms with E-state index in [0.717, 1.165) is 6.07 Å². The number of alkyl halides is 1. The van der Waals surface area contributed by atoms with Crippen LogP contribution >= 0.6 is 11.6 Å². The normalized spacial score (nSPS) is 21.3. The number of fused-ring (bicyclic) bond motifs is 1. The summed E-state index contributed by atoms with van der Waals surface area (Å²) >= 11 is 5.83. The quantitative estimate of drug-likeness (QED) is 0.591. The van der Waals surface area contributed by atoms with Gasteiger partial charge in [0.25, 0.3) is 0 Å². The van der Waals surface area contributed by atoms with Crippen LogP contribution in [0.3, 0.4) is 0 Å². The molecule has 2 rings (SSSR count). The molecule has 0 radical (unpaired) electrons. The number of benzene rings is 1. The molecule has 4 heteroatoms. The molecule has 1 nitrogen and oxygen atoms in total. The molecule has 1 aromatic rings. The predicted octanol–water partition coefficient (Wildman–Crippen LogP) is 2.77. The molecule has 0 bridgehead atoms. The van der Waals surface area contributed by atoms with Gasteiger partial charge in [-0.3, -0.25) is 0 Å². The van der Waals surface area contributed by atoms with E-state index in [2.05, 4.69) is 0 Å². The third kappa shape index (κ3) is 1.54. The van der Waals surface area contributed by atoms with Crippen molar-refractivity contribution in [3.63, 3.8) is 0 Å². The highest BCUT2D eigenvalue weighted by molar-refractivity contribution is 6.21. The van der Waals surface area contributed by atoms with Gasteiger partial charge in [-0.05, 0) is 11.6 Å². The van der Waals surface area contributed by atoms with E-state index < -0.39 is 17.0 Å². The first kappa shape index (κ1) is 8.91. The fourth-order valence-corrected chi connectivity index (χ4v) is 1.69. The zero-order valence-electron chi connectivity index (χ0n) is 6.69. The summed E-state index contributed by atoms with van der Waals surface area (Å²) in [6.07, 6.45) is 0. The van der Waals surface area contributed by atoms with Crippen LogP contribution in [-0.2, 0) is 11.3 Å². The smallest absolute Gasteiger partial charge is 0.131 e. The van der Waals surface area contributed by atoms with Crippen molar-refractivity contribution in [1.82, 2.24) is 0 Å². The first-order chi connectivity index (χ1) is 6.18. The van der Waals surface area contributed by atoms with Crippen molar-refractivity contribution < 1.29 is 13.5 Å². The fourth-order valence-electron chi connectivity index (χ4n) is 1.41. The summed E-state index contributed by atoms with van der Waals surface area (Å²) in [7, 11) is 0. The second-order valence-corrected chi connectivity index (χ2v) is 3.46. The van der Waals surface area contributed by atoms with Crippen LogP contribution in [0.1, 0.15) is 16.5 Å². The van der Waals surface area contributed by atoms with Crippen LogP contribution < -0.4 is 0 Å². The molecule has 0 saturated heterocycles. The molecular formula is C9H7ClF2O. The highest BCUT2D eigenvalue weighted by Crippen LogP contribution is 2.31. The molecule has 1 aliphatic rings. The van der Waals surface area contributed by atoms with Crippen molar-refractivity contribution in [3.05, 3.63) is 34.9 Å². The Hall–Kier alpha value is -0.670. The van der Waals surface area contributed by atoms with Crippen molar-refractivity contribution in [3.8, 4) is 0 Å². The summed E-state index contributed by atoms with van der Waals surface area (Å²) in [5.74, 6) is -1.18. The molecule has 13 heavy (non-hydrogen) atoms. The van der Waals surface area contributed by atoms with E-state index in [9.17, 15) is 8.78 Å². The maximum absolute atomic E-state index is 13.1. The lowest BCUT2D eigenvalue weighted by molar-refractivity contribution is 0.104. The molecule has 1 atom stereocenters. The first-order valence-corrected chi connectivity index (χ1v) is 4.32. The molecule has 1 heterocycles. The van der Waals surface area contributed by atoms with Gasteiger partial charge in [-0.2, -0.15) is 0 Å². The molecule has 0 aliphatic carbocycles. The molecule has 1 unspecified atom stereocenters. The van der Waals surface area contributed by atoms with Gasteiger partial charge < -0.3 is 4.74 Å². The number of hydrogen-bond donors (Lipinski definition) is 0. The molecule has 0 saturated carbocycles. The third-order valence-corrected chi connectivity index (χ3v) is 2.40. The third-order valence-electron chi connectivity index (χ3n) is 2.04. The SMILES string of the molecule is Fc1cc(F)c2c(c1)C(Cl)COC2. The second-order valence-electron chi connectivity index (χ2n) is 2.94. The van der Waals surface area contributed by atoms with Crippen molar-refractivity contribution in [2.75, 3.05) is 6.61 Å². The summed E-state index contributed by atoms with van der Waals surface area (Å²) in [6.45, 7) is 0.474. The van der Waals surface area contributed by atoms with Crippen LogP contribution in [0.2, 0.25) is 0 Å². The minimum absolute atomic E-state index is 0.171. The molecule has 70 valence electrons. The van der Waals surface area contributed by atoms with Crippen molar-refractivity contribution in [2.24, 2.45) is 0 Å². The maximum atomic E-state index is 13.1. The Balaban J connectivity index is 2.56. The molecule has 0 spiro atoms. The van der Waals surface area contributed by atoms with Gasteiger partial charge in [-0.25, -0.2) is 8.78 Å². The Morgan fingerprint density at radius 1 is 1.38 bits per heavy atom. The van der Waals surface area contributed by atoms with Crippen LogP contribution in [0.15, 0.2) is 12.1 Å². The highest BCUT2D eigenvalue weighted by Gasteiger charge is 2.22. The van der Waals surface area contributed by atoms with E-state index in [1.54, 1.807) is 0 Å². The molecule has 1 aliphatic heterocycles. The van der Waals surface area contributed by atoms with Crippen molar-refractivity contribution >= 4 is 11.6 Å². The molecule has 0 N–H and O–H groups in total. The van der Waals surface area contributed by atoms with Crippen molar-refractivity contribution in [1.29, 1.82) is 0 Å². The summed E-state index contributed by atoms with van der Waals surface area (Å²) in [5.41, 5.74) is 0.873. The average molecular weight is 205 g/mol. The zero-order valence-corrected chi connectivity index (χ0v) is 7.44. The summed E-state index contributed by atoms with van der Waals surface area (Å²) in [5, 5.41) is -0.450. The number of halogens is 3. The van der Waals surface area contributed by atoms with E-state index in [1.807, 2.05) is 0 Å². The molecular weight excluding hydrogens is 198 g/mol. The van der Waals surface area contributed by atoms with Crippen LogP contribution in [0, 0.1) is 11.6 Å². The Labute approximate surface area is 79.3 Å². The summed E-state index contributed by atoms with van der Waals surface area (Å²) in [6, 6.07) is 2.11. The van der Waals surface area contributed by atoms with E-state index in [4.69, 9.17) is 16.3 Å². The Bertz CT molecular complexity index is 341. The number of rotatable bonds is 0. The molecule has 1 aromatic carbocycles. The van der Waals surface area contributed by atoms with E-state index in [-0.39, 0.29) is 6.61 Å². The lowest BCUT2D eigenvalue weighted by atomic mass is 10.0. The molecule has 0 fully saturated rings. The molecule has 0 amide bonds. The van der Waals surface area contributed by atoms with Crippen LogP contribution in [0.25, 0.3) is 0 Å². The fraction of sp³-hybridized carbons (Fsp3) is 0.333. The lowest BCUT2D eigenvalue weighted by Gasteiger charge is -2.21.